The van der Waals surface area contributed by atoms with E-state index in [1.807, 2.05) is 6.92 Å². The largest absolute Gasteiger partial charge is 0.392 e. The van der Waals surface area contributed by atoms with Crippen molar-refractivity contribution in [3.8, 4) is 0 Å². The summed E-state index contributed by atoms with van der Waals surface area (Å²) in [5.41, 5.74) is 0. The lowest BCUT2D eigenvalue weighted by atomic mass is 9.82. The topological polar surface area (TPSA) is 32.3 Å². The highest BCUT2D eigenvalue weighted by atomic mass is 16.3. The Labute approximate surface area is 93.5 Å². The van der Waals surface area contributed by atoms with Crippen LogP contribution in [0.25, 0.3) is 0 Å². The summed E-state index contributed by atoms with van der Waals surface area (Å²) < 4.78 is 0. The van der Waals surface area contributed by atoms with Gasteiger partial charge in [-0.3, -0.25) is 0 Å². The quantitative estimate of drug-likeness (QED) is 0.731. The van der Waals surface area contributed by atoms with Crippen LogP contribution in [0.2, 0.25) is 0 Å². The van der Waals surface area contributed by atoms with Crippen molar-refractivity contribution < 1.29 is 5.11 Å². The molecule has 2 nitrogen and oxygen atoms in total. The number of hydrogen-bond acceptors (Lipinski definition) is 2. The van der Waals surface area contributed by atoms with Crippen molar-refractivity contribution in [2.24, 2.45) is 11.8 Å². The second-order valence-corrected chi connectivity index (χ2v) is 5.43. The number of hydrogen-bond donors (Lipinski definition) is 2. The van der Waals surface area contributed by atoms with Crippen LogP contribution in [0, 0.1) is 11.8 Å². The molecule has 0 saturated heterocycles. The van der Waals surface area contributed by atoms with Gasteiger partial charge < -0.3 is 10.4 Å². The Bertz CT molecular complexity index is 191. The first-order chi connectivity index (χ1) is 7.29. The van der Waals surface area contributed by atoms with Gasteiger partial charge in [-0.25, -0.2) is 0 Å². The van der Waals surface area contributed by atoms with E-state index < -0.39 is 0 Å². The van der Waals surface area contributed by atoms with Gasteiger partial charge in [0, 0.05) is 12.6 Å². The molecule has 0 aromatic heterocycles. The van der Waals surface area contributed by atoms with Crippen LogP contribution in [-0.4, -0.2) is 23.8 Å². The van der Waals surface area contributed by atoms with Gasteiger partial charge in [-0.2, -0.15) is 0 Å². The van der Waals surface area contributed by atoms with Crippen LogP contribution in [0.4, 0.5) is 0 Å². The van der Waals surface area contributed by atoms with E-state index in [0.29, 0.717) is 6.04 Å². The molecule has 0 radical (unpaired) electrons. The van der Waals surface area contributed by atoms with E-state index in [2.05, 4.69) is 5.32 Å². The smallest absolute Gasteiger partial charge is 0.0662 e. The number of nitrogens with one attached hydrogen (secondary N) is 1. The molecule has 0 aromatic carbocycles. The maximum Gasteiger partial charge on any atom is 0.0662 e. The lowest BCUT2D eigenvalue weighted by molar-refractivity contribution is 0.153. The molecule has 3 atom stereocenters. The van der Waals surface area contributed by atoms with Gasteiger partial charge in [0.05, 0.1) is 6.10 Å². The van der Waals surface area contributed by atoms with Gasteiger partial charge in [0.2, 0.25) is 0 Å². The van der Waals surface area contributed by atoms with Crippen molar-refractivity contribution in [1.82, 2.24) is 5.32 Å². The minimum atomic E-state index is -0.147. The summed E-state index contributed by atoms with van der Waals surface area (Å²) in [6, 6.07) is 0.686. The molecule has 2 saturated carbocycles. The highest BCUT2D eigenvalue weighted by Crippen LogP contribution is 2.43. The molecular weight excluding hydrogens is 186 g/mol. The second-order valence-electron chi connectivity index (χ2n) is 5.43. The fourth-order valence-electron chi connectivity index (χ4n) is 2.86. The highest BCUT2D eigenvalue weighted by Gasteiger charge is 2.34. The first-order valence-electron chi connectivity index (χ1n) is 6.71. The van der Waals surface area contributed by atoms with Gasteiger partial charge in [-0.1, -0.05) is 19.8 Å². The summed E-state index contributed by atoms with van der Waals surface area (Å²) in [4.78, 5) is 0. The van der Waals surface area contributed by atoms with E-state index >= 15 is 0 Å². The number of rotatable bonds is 5. The van der Waals surface area contributed by atoms with Gasteiger partial charge in [0.25, 0.3) is 0 Å². The van der Waals surface area contributed by atoms with Crippen molar-refractivity contribution in [3.05, 3.63) is 0 Å². The van der Waals surface area contributed by atoms with Crippen molar-refractivity contribution >= 4 is 0 Å². The molecule has 3 unspecified atom stereocenters. The van der Waals surface area contributed by atoms with Gasteiger partial charge in [0.1, 0.15) is 0 Å². The van der Waals surface area contributed by atoms with Crippen molar-refractivity contribution in [2.75, 3.05) is 6.54 Å². The van der Waals surface area contributed by atoms with E-state index in [0.717, 1.165) is 24.8 Å². The molecule has 0 spiro atoms. The summed E-state index contributed by atoms with van der Waals surface area (Å²) in [5, 5.41) is 13.0. The predicted octanol–water partition coefficient (Wildman–Crippen LogP) is 2.32. The summed E-state index contributed by atoms with van der Waals surface area (Å²) in [5.74, 6) is 2.06. The molecule has 0 aliphatic heterocycles. The van der Waals surface area contributed by atoms with Crippen molar-refractivity contribution in [3.63, 3.8) is 0 Å². The van der Waals surface area contributed by atoms with Crippen molar-refractivity contribution in [1.29, 1.82) is 0 Å². The minimum absolute atomic E-state index is 0.147. The van der Waals surface area contributed by atoms with E-state index in [1.165, 1.54) is 38.5 Å². The van der Waals surface area contributed by atoms with Gasteiger partial charge in [-0.05, 0) is 43.9 Å². The lowest BCUT2D eigenvalue weighted by Crippen LogP contribution is -2.38. The maximum atomic E-state index is 9.51. The average molecular weight is 211 g/mol. The fraction of sp³-hybridized carbons (Fsp3) is 1.00. The van der Waals surface area contributed by atoms with Crippen LogP contribution in [0.5, 0.6) is 0 Å². The Kier molecular flexibility index (Phi) is 4.04. The molecule has 15 heavy (non-hydrogen) atoms. The Balaban J connectivity index is 1.67. The maximum absolute atomic E-state index is 9.51. The molecule has 88 valence electrons. The molecule has 2 heteroatoms. The zero-order chi connectivity index (χ0) is 10.7. The van der Waals surface area contributed by atoms with Crippen LogP contribution in [0.3, 0.4) is 0 Å². The Morgan fingerprint density at radius 2 is 2.00 bits per heavy atom. The van der Waals surface area contributed by atoms with Crippen LogP contribution in [0.1, 0.15) is 51.9 Å². The number of aliphatic hydroxyl groups excluding tert-OH is 1. The third-order valence-corrected chi connectivity index (χ3v) is 4.12. The van der Waals surface area contributed by atoms with Crippen LogP contribution in [-0.2, 0) is 0 Å². The van der Waals surface area contributed by atoms with E-state index in [-0.39, 0.29) is 6.10 Å². The average Bonchev–Trinajstić information content (AvgIpc) is 3.10. The lowest BCUT2D eigenvalue weighted by Gasteiger charge is -2.30. The van der Waals surface area contributed by atoms with Gasteiger partial charge >= 0.3 is 0 Å². The van der Waals surface area contributed by atoms with Gasteiger partial charge in [-0.15, -0.1) is 0 Å². The zero-order valence-corrected chi connectivity index (χ0v) is 9.91. The van der Waals surface area contributed by atoms with Crippen LogP contribution >= 0.6 is 0 Å². The Morgan fingerprint density at radius 1 is 1.20 bits per heavy atom. The molecule has 2 rings (SSSR count). The highest BCUT2D eigenvalue weighted by molar-refractivity contribution is 4.88. The second kappa shape index (κ2) is 5.31. The van der Waals surface area contributed by atoms with Crippen LogP contribution in [0.15, 0.2) is 0 Å². The summed E-state index contributed by atoms with van der Waals surface area (Å²) >= 11 is 0. The number of aliphatic hydroxyl groups is 1. The van der Waals surface area contributed by atoms with E-state index in [4.69, 9.17) is 0 Å². The minimum Gasteiger partial charge on any atom is -0.392 e. The van der Waals surface area contributed by atoms with Crippen LogP contribution < -0.4 is 5.32 Å². The first kappa shape index (κ1) is 11.4. The van der Waals surface area contributed by atoms with Crippen molar-refractivity contribution in [2.45, 2.75) is 64.0 Å². The third kappa shape index (κ3) is 3.46. The van der Waals surface area contributed by atoms with Gasteiger partial charge in [0.15, 0.2) is 0 Å². The molecule has 0 bridgehead atoms. The molecule has 2 fully saturated rings. The first-order valence-corrected chi connectivity index (χ1v) is 6.71. The SMILES string of the molecule is CCC(O)CNC1CCCC(C2CC2)C1. The molecule has 0 amide bonds. The normalized spacial score (nSPS) is 34.0. The molecule has 0 aromatic rings. The molecule has 2 aliphatic rings. The summed E-state index contributed by atoms with van der Waals surface area (Å²) in [6.07, 6.45) is 9.21. The fourth-order valence-corrected chi connectivity index (χ4v) is 2.86. The molecule has 0 heterocycles. The predicted molar refractivity (Wildman–Crippen MR) is 62.8 cm³/mol. The van der Waals surface area contributed by atoms with E-state index in [1.54, 1.807) is 0 Å². The summed E-state index contributed by atoms with van der Waals surface area (Å²) in [7, 11) is 0. The standard InChI is InChI=1S/C13H25NO/c1-2-13(15)9-14-12-5-3-4-11(8-12)10-6-7-10/h10-15H,2-9H2,1H3. The Hall–Kier alpha value is -0.0800. The monoisotopic (exact) mass is 211 g/mol. The molecular formula is C13H25NO. The Morgan fingerprint density at radius 3 is 2.67 bits per heavy atom. The zero-order valence-electron chi connectivity index (χ0n) is 9.91. The van der Waals surface area contributed by atoms with E-state index in [9.17, 15) is 5.11 Å². The summed E-state index contributed by atoms with van der Waals surface area (Å²) in [6.45, 7) is 2.83. The third-order valence-electron chi connectivity index (χ3n) is 4.12. The molecule has 2 N–H and O–H groups in total. The molecule has 2 aliphatic carbocycles.